The van der Waals surface area contributed by atoms with Crippen molar-refractivity contribution in [3.05, 3.63) is 54.1 Å². The van der Waals surface area contributed by atoms with Crippen LogP contribution in [-0.4, -0.2) is 36.5 Å². The Kier molecular flexibility index (Phi) is 5.15. The van der Waals surface area contributed by atoms with E-state index in [1.54, 1.807) is 18.5 Å². The van der Waals surface area contributed by atoms with Crippen LogP contribution >= 0.6 is 0 Å². The van der Waals surface area contributed by atoms with Crippen LogP contribution in [0.15, 0.2) is 42.7 Å². The van der Waals surface area contributed by atoms with Crippen molar-refractivity contribution in [3.63, 3.8) is 0 Å². The van der Waals surface area contributed by atoms with E-state index >= 15 is 0 Å². The SMILES string of the molecule is CN(C)c1ccc(/C=C/C(=O)NCCc2ncc[nH]2)cc1. The van der Waals surface area contributed by atoms with Gasteiger partial charge in [0.05, 0.1) is 0 Å². The first-order valence-electron chi connectivity index (χ1n) is 6.87. The number of carbonyl (C=O) groups excluding carboxylic acids is 1. The number of benzene rings is 1. The van der Waals surface area contributed by atoms with Crippen molar-refractivity contribution in [1.82, 2.24) is 15.3 Å². The van der Waals surface area contributed by atoms with Gasteiger partial charge in [-0.2, -0.15) is 0 Å². The number of H-pyrrole nitrogens is 1. The minimum atomic E-state index is -0.0988. The average molecular weight is 284 g/mol. The minimum Gasteiger partial charge on any atom is -0.378 e. The third-order valence-corrected chi connectivity index (χ3v) is 3.05. The lowest BCUT2D eigenvalue weighted by molar-refractivity contribution is -0.116. The molecule has 21 heavy (non-hydrogen) atoms. The van der Waals surface area contributed by atoms with Gasteiger partial charge >= 0.3 is 0 Å². The molecule has 2 N–H and O–H groups in total. The number of nitrogens with one attached hydrogen (secondary N) is 2. The predicted octanol–water partition coefficient (Wildman–Crippen LogP) is 1.85. The van der Waals surface area contributed by atoms with Crippen molar-refractivity contribution in [1.29, 1.82) is 0 Å². The molecular weight excluding hydrogens is 264 g/mol. The number of aromatic amines is 1. The first-order valence-corrected chi connectivity index (χ1v) is 6.87. The zero-order valence-corrected chi connectivity index (χ0v) is 12.3. The summed E-state index contributed by atoms with van der Waals surface area (Å²) < 4.78 is 0. The summed E-state index contributed by atoms with van der Waals surface area (Å²) in [5.74, 6) is 0.775. The number of hydrogen-bond donors (Lipinski definition) is 2. The molecule has 1 heterocycles. The zero-order valence-electron chi connectivity index (χ0n) is 12.3. The van der Waals surface area contributed by atoms with Gasteiger partial charge in [0.15, 0.2) is 0 Å². The van der Waals surface area contributed by atoms with E-state index in [0.717, 1.165) is 17.1 Å². The third-order valence-electron chi connectivity index (χ3n) is 3.05. The average Bonchev–Trinajstić information content (AvgIpc) is 2.99. The summed E-state index contributed by atoms with van der Waals surface area (Å²) >= 11 is 0. The Bertz CT molecular complexity index is 585. The molecular formula is C16H20N4O. The molecule has 0 spiro atoms. The van der Waals surface area contributed by atoms with E-state index in [9.17, 15) is 4.79 Å². The first kappa shape index (κ1) is 14.8. The molecule has 5 nitrogen and oxygen atoms in total. The molecule has 0 atom stereocenters. The van der Waals surface area contributed by atoms with Crippen molar-refractivity contribution in [2.75, 3.05) is 25.5 Å². The van der Waals surface area contributed by atoms with E-state index in [1.807, 2.05) is 49.3 Å². The van der Waals surface area contributed by atoms with Crippen molar-refractivity contribution in [3.8, 4) is 0 Å². The van der Waals surface area contributed by atoms with E-state index in [2.05, 4.69) is 15.3 Å². The van der Waals surface area contributed by atoms with E-state index in [0.29, 0.717) is 13.0 Å². The van der Waals surface area contributed by atoms with Crippen molar-refractivity contribution in [2.24, 2.45) is 0 Å². The van der Waals surface area contributed by atoms with Gasteiger partial charge in [-0.05, 0) is 23.8 Å². The fourth-order valence-corrected chi connectivity index (χ4v) is 1.85. The highest BCUT2D eigenvalue weighted by Crippen LogP contribution is 2.12. The van der Waals surface area contributed by atoms with Crippen LogP contribution in [0.25, 0.3) is 6.08 Å². The predicted molar refractivity (Wildman–Crippen MR) is 85.1 cm³/mol. The van der Waals surface area contributed by atoms with Crippen LogP contribution in [0, 0.1) is 0 Å². The Hall–Kier alpha value is -2.56. The summed E-state index contributed by atoms with van der Waals surface area (Å²) in [5, 5.41) is 2.83. The van der Waals surface area contributed by atoms with Gasteiger partial charge in [0.2, 0.25) is 5.91 Å². The number of aromatic nitrogens is 2. The van der Waals surface area contributed by atoms with E-state index < -0.39 is 0 Å². The number of imidazole rings is 1. The van der Waals surface area contributed by atoms with Crippen LogP contribution in [0.1, 0.15) is 11.4 Å². The van der Waals surface area contributed by atoms with Crippen molar-refractivity contribution >= 4 is 17.7 Å². The summed E-state index contributed by atoms with van der Waals surface area (Å²) in [6, 6.07) is 8.02. The molecule has 0 saturated heterocycles. The lowest BCUT2D eigenvalue weighted by Crippen LogP contribution is -2.23. The Morgan fingerprint density at radius 2 is 2.10 bits per heavy atom. The highest BCUT2D eigenvalue weighted by atomic mass is 16.1. The lowest BCUT2D eigenvalue weighted by atomic mass is 10.2. The molecule has 2 aromatic rings. The molecule has 1 aromatic heterocycles. The van der Waals surface area contributed by atoms with Gasteiger partial charge in [0.1, 0.15) is 5.82 Å². The van der Waals surface area contributed by atoms with E-state index in [-0.39, 0.29) is 5.91 Å². The molecule has 0 bridgehead atoms. The highest BCUT2D eigenvalue weighted by molar-refractivity contribution is 5.91. The molecule has 0 aliphatic heterocycles. The summed E-state index contributed by atoms with van der Waals surface area (Å²) in [4.78, 5) is 20.8. The third kappa shape index (κ3) is 4.80. The molecule has 0 fully saturated rings. The number of anilines is 1. The van der Waals surface area contributed by atoms with Crippen molar-refractivity contribution in [2.45, 2.75) is 6.42 Å². The largest absolute Gasteiger partial charge is 0.378 e. The number of hydrogen-bond acceptors (Lipinski definition) is 3. The number of amides is 1. The summed E-state index contributed by atoms with van der Waals surface area (Å²) in [6.45, 7) is 0.566. The molecule has 2 rings (SSSR count). The molecule has 110 valence electrons. The summed E-state index contributed by atoms with van der Waals surface area (Å²) in [6.07, 6.45) is 7.53. The molecule has 0 aliphatic carbocycles. The number of rotatable bonds is 6. The molecule has 1 amide bonds. The number of nitrogens with zero attached hydrogens (tertiary/aromatic N) is 2. The standard InChI is InChI=1S/C16H20N4O/c1-20(2)14-6-3-13(4-7-14)5-8-16(21)19-10-9-15-17-11-12-18-15/h3-8,11-12H,9-10H2,1-2H3,(H,17,18)(H,19,21)/b8-5+. The number of carbonyl (C=O) groups is 1. The zero-order chi connectivity index (χ0) is 15.1. The minimum absolute atomic E-state index is 0.0988. The summed E-state index contributed by atoms with van der Waals surface area (Å²) in [7, 11) is 3.99. The van der Waals surface area contributed by atoms with Crippen LogP contribution in [0.4, 0.5) is 5.69 Å². The monoisotopic (exact) mass is 284 g/mol. The smallest absolute Gasteiger partial charge is 0.244 e. The molecule has 0 saturated carbocycles. The van der Waals surface area contributed by atoms with Crippen LogP contribution in [0.3, 0.4) is 0 Å². The Balaban J connectivity index is 1.78. The highest BCUT2D eigenvalue weighted by Gasteiger charge is 1.98. The van der Waals surface area contributed by atoms with Gasteiger partial charge in [-0.25, -0.2) is 4.98 Å². The van der Waals surface area contributed by atoms with Gasteiger partial charge < -0.3 is 15.2 Å². The lowest BCUT2D eigenvalue weighted by Gasteiger charge is -2.11. The summed E-state index contributed by atoms with van der Waals surface area (Å²) in [5.41, 5.74) is 2.14. The Labute approximate surface area is 124 Å². The molecule has 1 aromatic carbocycles. The van der Waals surface area contributed by atoms with Crippen molar-refractivity contribution < 1.29 is 4.79 Å². The van der Waals surface area contributed by atoms with E-state index in [1.165, 1.54) is 0 Å². The van der Waals surface area contributed by atoms with Crippen LogP contribution in [0.5, 0.6) is 0 Å². The second-order valence-electron chi connectivity index (χ2n) is 4.90. The fourth-order valence-electron chi connectivity index (χ4n) is 1.85. The van der Waals surface area contributed by atoms with Gasteiger partial charge in [-0.3, -0.25) is 4.79 Å². The van der Waals surface area contributed by atoms with Gasteiger partial charge in [-0.1, -0.05) is 12.1 Å². The second kappa shape index (κ2) is 7.28. The van der Waals surface area contributed by atoms with Crippen LogP contribution in [0.2, 0.25) is 0 Å². The van der Waals surface area contributed by atoms with E-state index in [4.69, 9.17) is 0 Å². The topological polar surface area (TPSA) is 61.0 Å². The van der Waals surface area contributed by atoms with Gasteiger partial charge in [0, 0.05) is 51.2 Å². The second-order valence-corrected chi connectivity index (χ2v) is 4.90. The molecule has 0 aliphatic rings. The van der Waals surface area contributed by atoms with Gasteiger partial charge in [0.25, 0.3) is 0 Å². The molecule has 5 heteroatoms. The Morgan fingerprint density at radius 1 is 1.33 bits per heavy atom. The maximum Gasteiger partial charge on any atom is 0.244 e. The van der Waals surface area contributed by atoms with Gasteiger partial charge in [-0.15, -0.1) is 0 Å². The first-order chi connectivity index (χ1) is 10.1. The maximum atomic E-state index is 11.7. The van der Waals surface area contributed by atoms with Crippen LogP contribution < -0.4 is 10.2 Å². The quantitative estimate of drug-likeness (QED) is 0.796. The molecule has 0 unspecified atom stereocenters. The Morgan fingerprint density at radius 3 is 2.71 bits per heavy atom. The fraction of sp³-hybridized carbons (Fsp3) is 0.250. The normalized spacial score (nSPS) is 10.8. The maximum absolute atomic E-state index is 11.7. The van der Waals surface area contributed by atoms with Crippen LogP contribution in [-0.2, 0) is 11.2 Å². The molecule has 0 radical (unpaired) electrons.